The van der Waals surface area contributed by atoms with E-state index in [0.29, 0.717) is 28.4 Å². The highest BCUT2D eigenvalue weighted by molar-refractivity contribution is 9.10. The van der Waals surface area contributed by atoms with Crippen molar-refractivity contribution in [3.63, 3.8) is 0 Å². The summed E-state index contributed by atoms with van der Waals surface area (Å²) >= 11 is 9.11. The first kappa shape index (κ1) is 21.1. The number of hydrogen-bond donors (Lipinski definition) is 1. The fraction of sp³-hybridized carbons (Fsp3) is 0.538. The van der Waals surface area contributed by atoms with Crippen LogP contribution in [0.1, 0.15) is 20.3 Å². The second kappa shape index (κ2) is 8.70. The maximum absolute atomic E-state index is 12.4. The van der Waals surface area contributed by atoms with Crippen molar-refractivity contribution in [3.05, 3.63) is 27.7 Å². The van der Waals surface area contributed by atoms with E-state index >= 15 is 0 Å². The molecule has 0 spiro atoms. The van der Waals surface area contributed by atoms with E-state index in [-0.39, 0.29) is 23.3 Å². The van der Waals surface area contributed by atoms with Gasteiger partial charge in [0.2, 0.25) is 10.0 Å². The van der Waals surface area contributed by atoms with Crippen LogP contribution in [0.2, 0.25) is 5.02 Å². The van der Waals surface area contributed by atoms with Gasteiger partial charge in [0.05, 0.1) is 9.92 Å². The molecule has 0 heterocycles. The highest BCUT2D eigenvalue weighted by Crippen LogP contribution is 2.26. The third kappa shape index (κ3) is 5.69. The average Bonchev–Trinajstić information content (AvgIpc) is 2.38. The number of sulfonamides is 1. The van der Waals surface area contributed by atoms with E-state index in [2.05, 4.69) is 15.9 Å². The van der Waals surface area contributed by atoms with Gasteiger partial charge >= 0.3 is 0 Å². The summed E-state index contributed by atoms with van der Waals surface area (Å²) in [5.74, 6) is 0.329. The Labute approximate surface area is 146 Å². The number of nitrogens with zero attached hydrogens (tertiary/aromatic N) is 1. The van der Waals surface area contributed by atoms with E-state index in [4.69, 9.17) is 17.3 Å². The Morgan fingerprint density at radius 2 is 1.95 bits per heavy atom. The number of halogens is 3. The van der Waals surface area contributed by atoms with Crippen LogP contribution in [0.5, 0.6) is 0 Å². The minimum atomic E-state index is -3.51. The van der Waals surface area contributed by atoms with Gasteiger partial charge in [-0.05, 0) is 46.5 Å². The fourth-order valence-electron chi connectivity index (χ4n) is 1.60. The second-order valence-corrected chi connectivity index (χ2v) is 8.41. The van der Waals surface area contributed by atoms with Gasteiger partial charge in [0.1, 0.15) is 0 Å². The molecule has 1 aromatic carbocycles. The van der Waals surface area contributed by atoms with E-state index in [0.717, 1.165) is 0 Å². The lowest BCUT2D eigenvalue weighted by molar-refractivity contribution is 0.397. The van der Waals surface area contributed by atoms with Crippen LogP contribution in [-0.4, -0.2) is 32.4 Å². The molecule has 2 N–H and O–H groups in total. The highest BCUT2D eigenvalue weighted by Gasteiger charge is 2.22. The van der Waals surface area contributed by atoms with Gasteiger partial charge in [-0.15, -0.1) is 12.4 Å². The van der Waals surface area contributed by atoms with Crippen molar-refractivity contribution in [2.45, 2.75) is 31.2 Å². The Morgan fingerprint density at radius 3 is 2.43 bits per heavy atom. The molecule has 0 aromatic heterocycles. The zero-order valence-electron chi connectivity index (χ0n) is 12.2. The van der Waals surface area contributed by atoms with Crippen LogP contribution in [0.15, 0.2) is 27.6 Å². The van der Waals surface area contributed by atoms with Crippen molar-refractivity contribution in [2.75, 3.05) is 13.6 Å². The molecule has 0 saturated heterocycles. The molecule has 21 heavy (non-hydrogen) atoms. The third-order valence-corrected chi connectivity index (χ3v) is 6.30. The molecule has 1 atom stereocenters. The van der Waals surface area contributed by atoms with E-state index in [1.54, 1.807) is 13.1 Å². The van der Waals surface area contributed by atoms with Crippen LogP contribution in [-0.2, 0) is 10.0 Å². The lowest BCUT2D eigenvalue weighted by Crippen LogP contribution is -2.34. The molecule has 0 aliphatic rings. The van der Waals surface area contributed by atoms with Crippen molar-refractivity contribution in [3.8, 4) is 0 Å². The van der Waals surface area contributed by atoms with Gasteiger partial charge in [-0.2, -0.15) is 0 Å². The monoisotopic (exact) mass is 418 g/mol. The van der Waals surface area contributed by atoms with Gasteiger partial charge in [-0.1, -0.05) is 25.4 Å². The summed E-state index contributed by atoms with van der Waals surface area (Å²) in [7, 11) is -1.95. The van der Waals surface area contributed by atoms with Crippen molar-refractivity contribution in [1.29, 1.82) is 0 Å². The number of nitrogens with two attached hydrogens (primary N) is 1. The van der Waals surface area contributed by atoms with Gasteiger partial charge in [0.15, 0.2) is 0 Å². The van der Waals surface area contributed by atoms with Crippen molar-refractivity contribution in [1.82, 2.24) is 4.31 Å². The molecule has 0 bridgehead atoms. The molecule has 1 rings (SSSR count). The molecule has 1 unspecified atom stereocenters. The van der Waals surface area contributed by atoms with E-state index < -0.39 is 10.0 Å². The van der Waals surface area contributed by atoms with Crippen LogP contribution in [0.25, 0.3) is 0 Å². The Hall–Kier alpha value is 0.150. The van der Waals surface area contributed by atoms with Gasteiger partial charge in [0.25, 0.3) is 0 Å². The van der Waals surface area contributed by atoms with Crippen molar-refractivity contribution >= 4 is 50.0 Å². The number of hydrogen-bond acceptors (Lipinski definition) is 3. The number of benzene rings is 1. The summed E-state index contributed by atoms with van der Waals surface area (Å²) in [5, 5.41) is 0.480. The summed E-state index contributed by atoms with van der Waals surface area (Å²) in [4.78, 5) is 0.217. The van der Waals surface area contributed by atoms with E-state index in [1.807, 2.05) is 13.8 Å². The molecule has 0 aliphatic carbocycles. The summed E-state index contributed by atoms with van der Waals surface area (Å²) in [6, 6.07) is 4.56. The molecular formula is C13H21BrCl2N2O2S. The van der Waals surface area contributed by atoms with Gasteiger partial charge in [-0.3, -0.25) is 0 Å². The minimum absolute atomic E-state index is 0. The Balaban J connectivity index is 0.00000400. The predicted molar refractivity (Wildman–Crippen MR) is 93.6 cm³/mol. The molecule has 4 nitrogen and oxygen atoms in total. The lowest BCUT2D eigenvalue weighted by Gasteiger charge is -2.21. The standard InChI is InChI=1S/C13H20BrClN2O2S.ClH/c1-9(2)13(16)6-7-17(3)20(18,19)10-4-5-12(15)11(14)8-10;/h4-5,8-9,13H,6-7,16H2,1-3H3;1H. The molecule has 8 heteroatoms. The quantitative estimate of drug-likeness (QED) is 0.766. The average molecular weight is 420 g/mol. The smallest absolute Gasteiger partial charge is 0.242 e. The van der Waals surface area contributed by atoms with Crippen molar-refractivity contribution < 1.29 is 8.42 Å². The largest absolute Gasteiger partial charge is 0.327 e. The molecule has 0 saturated carbocycles. The maximum Gasteiger partial charge on any atom is 0.242 e. The summed E-state index contributed by atoms with van der Waals surface area (Å²) in [6.45, 7) is 4.44. The maximum atomic E-state index is 12.4. The first-order chi connectivity index (χ1) is 9.16. The third-order valence-electron chi connectivity index (χ3n) is 3.23. The lowest BCUT2D eigenvalue weighted by atomic mass is 10.0. The normalized spacial score (nSPS) is 13.3. The molecular weight excluding hydrogens is 399 g/mol. The van der Waals surface area contributed by atoms with Crippen LogP contribution in [0, 0.1) is 5.92 Å². The molecule has 0 radical (unpaired) electrons. The Morgan fingerprint density at radius 1 is 1.38 bits per heavy atom. The van der Waals surface area contributed by atoms with Crippen LogP contribution < -0.4 is 5.73 Å². The number of rotatable bonds is 6. The summed E-state index contributed by atoms with van der Waals surface area (Å²) < 4.78 is 26.7. The zero-order valence-corrected chi connectivity index (χ0v) is 16.2. The molecule has 122 valence electrons. The predicted octanol–water partition coefficient (Wildman–Crippen LogP) is 3.52. The van der Waals surface area contributed by atoms with Gasteiger partial charge in [0, 0.05) is 24.1 Å². The zero-order chi connectivity index (χ0) is 15.5. The topological polar surface area (TPSA) is 63.4 Å². The fourth-order valence-corrected chi connectivity index (χ4v) is 3.46. The van der Waals surface area contributed by atoms with Crippen LogP contribution >= 0.6 is 39.9 Å². The summed E-state index contributed by atoms with van der Waals surface area (Å²) in [5.41, 5.74) is 5.94. The highest BCUT2D eigenvalue weighted by atomic mass is 79.9. The first-order valence-electron chi connectivity index (χ1n) is 6.33. The summed E-state index contributed by atoms with van der Waals surface area (Å²) in [6.07, 6.45) is 0.627. The van der Waals surface area contributed by atoms with Gasteiger partial charge < -0.3 is 5.73 Å². The molecule has 1 aromatic rings. The molecule has 0 amide bonds. The molecule has 0 aliphatic heterocycles. The molecule has 0 fully saturated rings. The van der Waals surface area contributed by atoms with Gasteiger partial charge in [-0.25, -0.2) is 12.7 Å². The van der Waals surface area contributed by atoms with E-state index in [9.17, 15) is 8.42 Å². The minimum Gasteiger partial charge on any atom is -0.327 e. The van der Waals surface area contributed by atoms with Crippen molar-refractivity contribution in [2.24, 2.45) is 11.7 Å². The Kier molecular flexibility index (Phi) is 8.76. The second-order valence-electron chi connectivity index (χ2n) is 5.10. The van der Waals surface area contributed by atoms with Crippen LogP contribution in [0.4, 0.5) is 0 Å². The Bertz CT molecular complexity index is 567. The SMILES string of the molecule is CC(C)C(N)CCN(C)S(=O)(=O)c1ccc(Cl)c(Br)c1.Cl. The van der Waals surface area contributed by atoms with E-state index in [1.165, 1.54) is 16.4 Å². The first-order valence-corrected chi connectivity index (χ1v) is 8.94. The van der Waals surface area contributed by atoms with Crippen LogP contribution in [0.3, 0.4) is 0 Å².